The number of aliphatic hydroxyl groups is 1. The minimum atomic E-state index is -1.11. The van der Waals surface area contributed by atoms with Gasteiger partial charge in [-0.2, -0.15) is 0 Å². The van der Waals surface area contributed by atoms with Crippen molar-refractivity contribution in [1.82, 2.24) is 4.90 Å². The maximum Gasteiger partial charge on any atom is 0.257 e. The Hall–Kier alpha value is -2.33. The van der Waals surface area contributed by atoms with E-state index in [-0.39, 0.29) is 30.0 Å². The van der Waals surface area contributed by atoms with Crippen LogP contribution >= 0.6 is 23.5 Å². The number of aryl methyl sites for hydroxylation is 1. The molecule has 1 saturated heterocycles. The molecule has 2 atom stereocenters. The lowest BCUT2D eigenvalue weighted by molar-refractivity contribution is 0.0552. The Bertz CT molecular complexity index is 1180. The fourth-order valence-electron chi connectivity index (χ4n) is 4.38. The fraction of sp³-hybridized carbons (Fsp3) is 0.393. The minimum absolute atomic E-state index is 0.0380. The first-order chi connectivity index (χ1) is 17.8. The maximum absolute atomic E-state index is 13.8. The van der Waals surface area contributed by atoms with E-state index in [0.717, 1.165) is 41.5 Å². The Kier molecular flexibility index (Phi) is 9.70. The summed E-state index contributed by atoms with van der Waals surface area (Å²) < 4.78 is 33.1. The van der Waals surface area contributed by atoms with Gasteiger partial charge in [0.2, 0.25) is 0 Å². The van der Waals surface area contributed by atoms with Gasteiger partial charge in [0, 0.05) is 25.2 Å². The average Bonchev–Trinajstić information content (AvgIpc) is 3.38. The first kappa shape index (κ1) is 27.7. The highest BCUT2D eigenvalue weighted by Crippen LogP contribution is 2.45. The van der Waals surface area contributed by atoms with Crippen molar-refractivity contribution in [3.8, 4) is 0 Å². The lowest BCUT2D eigenvalue weighted by Gasteiger charge is -2.29. The molecule has 3 N–H and O–H groups in total. The largest absolute Gasteiger partial charge is 0.466 e. The molecule has 198 valence electrons. The Morgan fingerprint density at radius 2 is 1.81 bits per heavy atom. The molecule has 9 heteroatoms. The predicted octanol–water partition coefficient (Wildman–Crippen LogP) is 5.56. The second kappa shape index (κ2) is 13.0. The molecule has 0 spiro atoms. The molecule has 1 aliphatic heterocycles. The Morgan fingerprint density at radius 1 is 1.11 bits per heavy atom. The molecule has 0 unspecified atom stereocenters. The summed E-state index contributed by atoms with van der Waals surface area (Å²) in [5.41, 5.74) is 9.16. The number of halogens is 2. The van der Waals surface area contributed by atoms with Crippen molar-refractivity contribution < 1.29 is 23.1 Å². The van der Waals surface area contributed by atoms with Gasteiger partial charge in [0.15, 0.2) is 0 Å². The van der Waals surface area contributed by atoms with Crippen LogP contribution in [0.1, 0.15) is 50.7 Å². The zero-order valence-corrected chi connectivity index (χ0v) is 22.4. The second-order valence-electron chi connectivity index (χ2n) is 9.20. The molecule has 3 aromatic rings. The van der Waals surface area contributed by atoms with E-state index in [2.05, 4.69) is 6.92 Å². The van der Waals surface area contributed by atoms with Crippen molar-refractivity contribution in [3.63, 3.8) is 0 Å². The molecule has 1 fully saturated rings. The third kappa shape index (κ3) is 7.37. The van der Waals surface area contributed by atoms with Crippen LogP contribution in [0.15, 0.2) is 59.2 Å². The van der Waals surface area contributed by atoms with Gasteiger partial charge in [0.05, 0.1) is 17.9 Å². The molecular formula is C28H32F2N2O3S2. The third-order valence-electron chi connectivity index (χ3n) is 6.32. The Morgan fingerprint density at radius 3 is 2.51 bits per heavy atom. The van der Waals surface area contributed by atoms with Crippen LogP contribution in [0.5, 0.6) is 0 Å². The Balaban J connectivity index is 1.55. The maximum atomic E-state index is 13.8. The van der Waals surface area contributed by atoms with Gasteiger partial charge < -0.3 is 20.2 Å². The van der Waals surface area contributed by atoms with Crippen molar-refractivity contribution in [1.29, 1.82) is 0 Å². The van der Waals surface area contributed by atoms with Crippen LogP contribution in [-0.2, 0) is 19.4 Å². The standard InChI is InChI=1S/C28H32F2N2O3S2/c1-2-18-5-3-6-19(11-18)16-32(17-25(33)24(31)14-20-12-21(29)15-22(30)13-20)27(34)23-7-8-35-26(23)28-36-9-4-10-37-28/h3,5-8,11-13,15,24-25,28,33H,2,4,9-10,14,16-17,31H2,1H3/t24-,25+/m0/s1. The van der Waals surface area contributed by atoms with Gasteiger partial charge in [-0.1, -0.05) is 31.2 Å². The zero-order valence-electron chi connectivity index (χ0n) is 20.7. The first-order valence-electron chi connectivity index (χ1n) is 12.4. The molecule has 0 saturated carbocycles. The number of carbonyl (C=O) groups excluding carboxylic acids is 1. The highest BCUT2D eigenvalue weighted by molar-refractivity contribution is 8.16. The quantitative estimate of drug-likeness (QED) is 0.347. The fourth-order valence-corrected chi connectivity index (χ4v) is 7.24. The summed E-state index contributed by atoms with van der Waals surface area (Å²) in [6.07, 6.45) is 2.47. The summed E-state index contributed by atoms with van der Waals surface area (Å²) in [6, 6.07) is 12.0. The average molecular weight is 547 g/mol. The highest BCUT2D eigenvalue weighted by Gasteiger charge is 2.30. The molecule has 0 bridgehead atoms. The summed E-state index contributed by atoms with van der Waals surface area (Å²) in [5, 5.41) is 11.0. The van der Waals surface area contributed by atoms with E-state index in [1.54, 1.807) is 34.5 Å². The monoisotopic (exact) mass is 546 g/mol. The van der Waals surface area contributed by atoms with Gasteiger partial charge >= 0.3 is 0 Å². The van der Waals surface area contributed by atoms with E-state index in [0.29, 0.717) is 16.9 Å². The number of thioether (sulfide) groups is 2. The third-order valence-corrected chi connectivity index (χ3v) is 9.22. The summed E-state index contributed by atoms with van der Waals surface area (Å²) in [4.78, 5) is 15.4. The van der Waals surface area contributed by atoms with Gasteiger partial charge in [-0.15, -0.1) is 23.5 Å². The van der Waals surface area contributed by atoms with Crippen molar-refractivity contribution in [3.05, 3.63) is 94.4 Å². The normalized spacial score (nSPS) is 15.9. The van der Waals surface area contributed by atoms with Crippen LogP contribution in [0.3, 0.4) is 0 Å². The number of hydrogen-bond donors (Lipinski definition) is 2. The van der Waals surface area contributed by atoms with E-state index in [1.807, 2.05) is 24.3 Å². The van der Waals surface area contributed by atoms with Crippen LogP contribution in [0.4, 0.5) is 8.78 Å². The smallest absolute Gasteiger partial charge is 0.257 e. The van der Waals surface area contributed by atoms with E-state index >= 15 is 0 Å². The predicted molar refractivity (Wildman–Crippen MR) is 146 cm³/mol. The molecule has 37 heavy (non-hydrogen) atoms. The molecule has 0 radical (unpaired) electrons. The molecule has 1 aliphatic rings. The van der Waals surface area contributed by atoms with Crippen LogP contribution < -0.4 is 5.73 Å². The van der Waals surface area contributed by atoms with Crippen molar-refractivity contribution >= 4 is 29.4 Å². The summed E-state index contributed by atoms with van der Waals surface area (Å²) in [6.45, 7) is 2.31. The van der Waals surface area contributed by atoms with Crippen LogP contribution in [0.2, 0.25) is 0 Å². The van der Waals surface area contributed by atoms with Gasteiger partial charge in [-0.05, 0) is 65.7 Å². The summed E-state index contributed by atoms with van der Waals surface area (Å²) in [7, 11) is 0. The second-order valence-corrected chi connectivity index (χ2v) is 11.9. The van der Waals surface area contributed by atoms with E-state index in [1.165, 1.54) is 18.4 Å². The minimum Gasteiger partial charge on any atom is -0.466 e. The number of amides is 1. The molecule has 1 amide bonds. The number of nitrogens with zero attached hydrogens (tertiary/aromatic N) is 1. The van der Waals surface area contributed by atoms with Crippen molar-refractivity contribution in [2.75, 3.05) is 18.1 Å². The van der Waals surface area contributed by atoms with E-state index < -0.39 is 23.8 Å². The molecule has 1 aromatic heterocycles. The van der Waals surface area contributed by atoms with Gasteiger partial charge in [-0.3, -0.25) is 4.79 Å². The number of furan rings is 1. The molecule has 2 aromatic carbocycles. The van der Waals surface area contributed by atoms with Crippen molar-refractivity contribution in [2.24, 2.45) is 5.73 Å². The number of nitrogens with two attached hydrogens (primary N) is 1. The summed E-state index contributed by atoms with van der Waals surface area (Å²) >= 11 is 3.53. The van der Waals surface area contributed by atoms with E-state index in [4.69, 9.17) is 10.2 Å². The number of aliphatic hydroxyl groups excluding tert-OH is 1. The van der Waals surface area contributed by atoms with Crippen LogP contribution in [0, 0.1) is 11.6 Å². The van der Waals surface area contributed by atoms with Crippen molar-refractivity contribution in [2.45, 2.75) is 49.5 Å². The zero-order chi connectivity index (χ0) is 26.4. The topological polar surface area (TPSA) is 79.7 Å². The number of carbonyl (C=O) groups is 1. The molecule has 0 aliphatic carbocycles. The first-order valence-corrected chi connectivity index (χ1v) is 14.5. The lowest BCUT2D eigenvalue weighted by Crippen LogP contribution is -2.46. The van der Waals surface area contributed by atoms with Crippen LogP contribution in [0.25, 0.3) is 0 Å². The number of rotatable bonds is 10. The molecule has 5 nitrogen and oxygen atoms in total. The van der Waals surface area contributed by atoms with Gasteiger partial charge in [0.1, 0.15) is 22.0 Å². The SMILES string of the molecule is CCc1cccc(CN(C[C@@H](O)[C@@H](N)Cc2cc(F)cc(F)c2)C(=O)c2ccoc2C2SCCCS2)c1. The van der Waals surface area contributed by atoms with Gasteiger partial charge in [-0.25, -0.2) is 8.78 Å². The molecular weight excluding hydrogens is 514 g/mol. The van der Waals surface area contributed by atoms with Gasteiger partial charge in [0.25, 0.3) is 5.91 Å². The summed E-state index contributed by atoms with van der Waals surface area (Å²) in [5.74, 6) is 1.01. The molecule has 4 rings (SSSR count). The van der Waals surface area contributed by atoms with Crippen LogP contribution in [-0.4, -0.2) is 46.1 Å². The number of hydrogen-bond acceptors (Lipinski definition) is 6. The highest BCUT2D eigenvalue weighted by atomic mass is 32.2. The molecule has 2 heterocycles. The lowest BCUT2D eigenvalue weighted by atomic mass is 10.0. The van der Waals surface area contributed by atoms with E-state index in [9.17, 15) is 18.7 Å². The Labute approximate surface area is 224 Å². The number of benzene rings is 2.